The van der Waals surface area contributed by atoms with Crippen molar-refractivity contribution in [1.29, 1.82) is 0 Å². The average molecular weight is 283 g/mol. The van der Waals surface area contributed by atoms with Gasteiger partial charge in [-0.2, -0.15) is 0 Å². The Morgan fingerprint density at radius 1 is 1.27 bits per heavy atom. The number of carbonyl (C=O) groups excluding carboxylic acids is 1. The van der Waals surface area contributed by atoms with Crippen LogP contribution in [0.4, 0.5) is 0 Å². The van der Waals surface area contributed by atoms with Crippen LogP contribution in [0.3, 0.4) is 0 Å². The maximum absolute atomic E-state index is 10.1. The average Bonchev–Trinajstić information content (AvgIpc) is 2.10. The largest absolute Gasteiger partial charge is 0.298 e. The molecule has 60 valence electrons. The van der Waals surface area contributed by atoms with Crippen LogP contribution in [-0.4, -0.2) is 11.2 Å². The second-order valence-electron chi connectivity index (χ2n) is 1.67. The van der Waals surface area contributed by atoms with E-state index in [1.54, 1.807) is 24.3 Å². The Morgan fingerprint density at radius 2 is 1.73 bits per heavy atom. The van der Waals surface area contributed by atoms with Crippen LogP contribution in [0.5, 0.6) is 0 Å². The molecular formula is C8H8ClIO. The zero-order chi connectivity index (χ0) is 8.69. The molecule has 0 aromatic heterocycles. The number of hydrogen-bond donors (Lipinski definition) is 0. The van der Waals surface area contributed by atoms with Crippen molar-refractivity contribution in [3.63, 3.8) is 0 Å². The van der Waals surface area contributed by atoms with Crippen molar-refractivity contribution in [2.24, 2.45) is 0 Å². The van der Waals surface area contributed by atoms with Crippen molar-refractivity contribution in [2.75, 3.05) is 4.93 Å². The topological polar surface area (TPSA) is 17.1 Å². The number of aldehydes is 1. The van der Waals surface area contributed by atoms with Crippen molar-refractivity contribution in [2.45, 2.75) is 0 Å². The van der Waals surface area contributed by atoms with Crippen LogP contribution in [0.2, 0.25) is 5.02 Å². The van der Waals surface area contributed by atoms with Gasteiger partial charge in [0.25, 0.3) is 0 Å². The van der Waals surface area contributed by atoms with E-state index in [2.05, 4.69) is 22.6 Å². The number of hydrogen-bond acceptors (Lipinski definition) is 1. The summed E-state index contributed by atoms with van der Waals surface area (Å²) in [6, 6.07) is 6.72. The molecule has 0 saturated heterocycles. The normalized spacial score (nSPS) is 7.91. The van der Waals surface area contributed by atoms with E-state index in [0.29, 0.717) is 10.6 Å². The molecule has 1 aromatic carbocycles. The Morgan fingerprint density at radius 3 is 2.09 bits per heavy atom. The summed E-state index contributed by atoms with van der Waals surface area (Å²) < 4.78 is 0. The van der Waals surface area contributed by atoms with Crippen LogP contribution in [-0.2, 0) is 0 Å². The molecule has 0 bridgehead atoms. The van der Waals surface area contributed by atoms with E-state index in [9.17, 15) is 4.79 Å². The summed E-state index contributed by atoms with van der Waals surface area (Å²) in [7, 11) is 0. The zero-order valence-electron chi connectivity index (χ0n) is 6.05. The molecule has 0 spiro atoms. The number of alkyl halides is 1. The molecule has 0 N–H and O–H groups in total. The van der Waals surface area contributed by atoms with E-state index in [1.807, 2.05) is 4.93 Å². The van der Waals surface area contributed by atoms with E-state index in [-0.39, 0.29) is 0 Å². The molecule has 0 heterocycles. The van der Waals surface area contributed by atoms with Gasteiger partial charge in [-0.15, -0.1) is 0 Å². The summed E-state index contributed by atoms with van der Waals surface area (Å²) in [4.78, 5) is 12.0. The highest BCUT2D eigenvalue weighted by molar-refractivity contribution is 14.1. The first-order valence-corrected chi connectivity index (χ1v) is 5.45. The molecular weight excluding hydrogens is 274 g/mol. The van der Waals surface area contributed by atoms with Crippen LogP contribution in [0.25, 0.3) is 0 Å². The molecule has 0 aliphatic heterocycles. The second kappa shape index (κ2) is 6.61. The van der Waals surface area contributed by atoms with Gasteiger partial charge in [-0.05, 0) is 17.1 Å². The highest BCUT2D eigenvalue weighted by Crippen LogP contribution is 2.07. The minimum absolute atomic E-state index is 0.652. The molecule has 0 radical (unpaired) electrons. The third-order valence-electron chi connectivity index (χ3n) is 1.01. The van der Waals surface area contributed by atoms with Crippen LogP contribution in [0.15, 0.2) is 24.3 Å². The summed E-state index contributed by atoms with van der Waals surface area (Å²) in [5, 5.41) is 0.653. The van der Waals surface area contributed by atoms with E-state index in [4.69, 9.17) is 11.6 Å². The van der Waals surface area contributed by atoms with Gasteiger partial charge in [0.05, 0.1) is 0 Å². The van der Waals surface area contributed by atoms with Gasteiger partial charge in [-0.3, -0.25) is 4.79 Å². The summed E-state index contributed by atoms with van der Waals surface area (Å²) in [6.07, 6.45) is 0.788. The molecule has 0 amide bonds. The lowest BCUT2D eigenvalue weighted by atomic mass is 10.2. The molecule has 1 aromatic rings. The van der Waals surface area contributed by atoms with E-state index >= 15 is 0 Å². The fraction of sp³-hybridized carbons (Fsp3) is 0.125. The van der Waals surface area contributed by atoms with Gasteiger partial charge < -0.3 is 0 Å². The van der Waals surface area contributed by atoms with Crippen LogP contribution < -0.4 is 0 Å². The van der Waals surface area contributed by atoms with E-state index in [0.717, 1.165) is 6.29 Å². The molecule has 3 heteroatoms. The van der Waals surface area contributed by atoms with Gasteiger partial charge in [-0.25, -0.2) is 0 Å². The maximum atomic E-state index is 10.1. The minimum atomic E-state index is 0.652. The smallest absolute Gasteiger partial charge is 0.150 e. The van der Waals surface area contributed by atoms with Gasteiger partial charge in [0.1, 0.15) is 6.29 Å². The van der Waals surface area contributed by atoms with E-state index < -0.39 is 0 Å². The van der Waals surface area contributed by atoms with Gasteiger partial charge >= 0.3 is 0 Å². The SMILES string of the molecule is CI.O=Cc1ccc(Cl)cc1. The highest BCUT2D eigenvalue weighted by Gasteiger charge is 1.86. The first-order chi connectivity index (χ1) is 5.33. The molecule has 11 heavy (non-hydrogen) atoms. The van der Waals surface area contributed by atoms with Gasteiger partial charge in [0.2, 0.25) is 0 Å². The predicted octanol–water partition coefficient (Wildman–Crippen LogP) is 3.20. The summed E-state index contributed by atoms with van der Waals surface area (Å²) in [5.41, 5.74) is 0.652. The van der Waals surface area contributed by atoms with Crippen molar-refractivity contribution < 1.29 is 4.79 Å². The van der Waals surface area contributed by atoms with E-state index in [1.165, 1.54) is 0 Å². The molecule has 0 aliphatic carbocycles. The molecule has 0 aliphatic rings. The van der Waals surface area contributed by atoms with Gasteiger partial charge in [-0.1, -0.05) is 46.3 Å². The molecule has 0 atom stereocenters. The monoisotopic (exact) mass is 282 g/mol. The quantitative estimate of drug-likeness (QED) is 0.439. The Bertz CT molecular complexity index is 208. The zero-order valence-corrected chi connectivity index (χ0v) is 8.96. The number of benzene rings is 1. The standard InChI is InChI=1S/C7H5ClO.CH3I/c8-7-3-1-6(5-9)2-4-7;1-2/h1-5H;1H3. The fourth-order valence-electron chi connectivity index (χ4n) is 0.541. The molecule has 1 rings (SSSR count). The maximum Gasteiger partial charge on any atom is 0.150 e. The predicted molar refractivity (Wildman–Crippen MR) is 56.8 cm³/mol. The number of rotatable bonds is 1. The summed E-state index contributed by atoms with van der Waals surface area (Å²) in [6.45, 7) is 0. The van der Waals surface area contributed by atoms with Crippen LogP contribution >= 0.6 is 34.2 Å². The van der Waals surface area contributed by atoms with Crippen LogP contribution in [0, 0.1) is 0 Å². The van der Waals surface area contributed by atoms with Crippen molar-refractivity contribution in [1.82, 2.24) is 0 Å². The first-order valence-electron chi connectivity index (χ1n) is 2.91. The Balaban J connectivity index is 0.000000461. The van der Waals surface area contributed by atoms with Gasteiger partial charge in [0.15, 0.2) is 0 Å². The molecule has 0 unspecified atom stereocenters. The lowest BCUT2D eigenvalue weighted by Gasteiger charge is -1.87. The van der Waals surface area contributed by atoms with Crippen molar-refractivity contribution >= 4 is 40.5 Å². The lowest BCUT2D eigenvalue weighted by Crippen LogP contribution is -1.74. The summed E-state index contributed by atoms with van der Waals surface area (Å²) in [5.74, 6) is 0. The first kappa shape index (κ1) is 10.9. The Kier molecular flexibility index (Phi) is 6.56. The highest BCUT2D eigenvalue weighted by atomic mass is 127. The Hall–Kier alpha value is -0.0900. The van der Waals surface area contributed by atoms with Crippen LogP contribution in [0.1, 0.15) is 10.4 Å². The third-order valence-corrected chi connectivity index (χ3v) is 1.26. The fourth-order valence-corrected chi connectivity index (χ4v) is 0.667. The lowest BCUT2D eigenvalue weighted by molar-refractivity contribution is 0.112. The molecule has 0 fully saturated rings. The Labute approximate surface area is 84.9 Å². The van der Waals surface area contributed by atoms with Crippen molar-refractivity contribution in [3.8, 4) is 0 Å². The molecule has 0 saturated carbocycles. The second-order valence-corrected chi connectivity index (χ2v) is 2.11. The van der Waals surface area contributed by atoms with Crippen molar-refractivity contribution in [3.05, 3.63) is 34.9 Å². The third kappa shape index (κ3) is 4.37. The molecule has 1 nitrogen and oxygen atoms in total. The minimum Gasteiger partial charge on any atom is -0.298 e. The summed E-state index contributed by atoms with van der Waals surface area (Å²) >= 11 is 7.70. The number of halogens is 2. The van der Waals surface area contributed by atoms with Gasteiger partial charge in [0, 0.05) is 10.6 Å². The number of carbonyl (C=O) groups is 1.